The van der Waals surface area contributed by atoms with E-state index in [1.165, 1.54) is 30.3 Å². The van der Waals surface area contributed by atoms with Crippen LogP contribution in [0.1, 0.15) is 31.9 Å². The van der Waals surface area contributed by atoms with Gasteiger partial charge < -0.3 is 15.2 Å². The molecule has 0 radical (unpaired) electrons. The lowest BCUT2D eigenvalue weighted by Crippen LogP contribution is -2.58. The van der Waals surface area contributed by atoms with Crippen LogP contribution in [0.15, 0.2) is 88.3 Å². The second-order valence-electron chi connectivity index (χ2n) is 10.8. The number of alkyl halides is 3. The van der Waals surface area contributed by atoms with Gasteiger partial charge in [-0.25, -0.2) is 4.79 Å². The number of nitrogens with one attached hydrogen (secondary N) is 1. The summed E-state index contributed by atoms with van der Waals surface area (Å²) in [7, 11) is -9.35. The van der Waals surface area contributed by atoms with Crippen LogP contribution in [-0.2, 0) is 31.4 Å². The van der Waals surface area contributed by atoms with Gasteiger partial charge in [-0.3, -0.25) is 0 Å². The smallest absolute Gasteiger partial charge is 0.490 e. The molecule has 3 aromatic rings. The van der Waals surface area contributed by atoms with Crippen molar-refractivity contribution < 1.29 is 44.6 Å². The molecule has 0 unspecified atom stereocenters. The Kier molecular flexibility index (Phi) is 8.99. The fraction of sp³-hybridized carbons (Fsp3) is 0.276. The molecule has 0 saturated heterocycles. The molecule has 0 saturated carbocycles. The third-order valence-corrected chi connectivity index (χ3v) is 12.2. The molecule has 9 nitrogen and oxygen atoms in total. The third kappa shape index (κ3) is 5.49. The number of sulfonamides is 2. The van der Waals surface area contributed by atoms with Crippen LogP contribution in [0, 0.1) is 5.41 Å². The predicted molar refractivity (Wildman–Crippen MR) is 159 cm³/mol. The fourth-order valence-electron chi connectivity index (χ4n) is 5.11. The topological polar surface area (TPSA) is 127 Å². The van der Waals surface area contributed by atoms with Crippen molar-refractivity contribution in [2.24, 2.45) is 5.41 Å². The van der Waals surface area contributed by atoms with Gasteiger partial charge in [0, 0.05) is 30.1 Å². The fourth-order valence-corrected chi connectivity index (χ4v) is 11.0. The number of carboxylic acids is 1. The number of halogens is 4. The second-order valence-corrected chi connectivity index (χ2v) is 15.4. The number of nitrogens with zero attached hydrogens (tertiary/aromatic N) is 1. The standard InChI is InChI=1S/C27H28ClN2O5S2.C2HF3O2/c1-27(2,3)26-25(28)24-21-18-29-16-17-35-23(21)15-14-22(24)30(26,36(31,32)19-10-6-4-7-11-19)37(33,34)20-12-8-5-9-13-20;3-2(4,5)1(6)7/h4-15,29H,16-18H2,1-3H3;(H,6,7)/q+1;. The van der Waals surface area contributed by atoms with Gasteiger partial charge in [0.15, 0.2) is 11.4 Å². The molecular formula is C29H29ClF3N2O7S2+. The van der Waals surface area contributed by atoms with Gasteiger partial charge in [-0.2, -0.15) is 30.0 Å². The van der Waals surface area contributed by atoms with Gasteiger partial charge in [-0.1, -0.05) is 68.8 Å². The maximum atomic E-state index is 14.8. The summed E-state index contributed by atoms with van der Waals surface area (Å²) in [6.45, 7) is 6.68. The number of hydrogen-bond acceptors (Lipinski definition) is 7. The first-order valence-corrected chi connectivity index (χ1v) is 16.4. The summed E-state index contributed by atoms with van der Waals surface area (Å²) in [6.07, 6.45) is -5.08. The zero-order chi connectivity index (χ0) is 32.7. The summed E-state index contributed by atoms with van der Waals surface area (Å²) < 4.78 is 95.5. The number of fused-ring (bicyclic) bond motifs is 3. The molecule has 0 bridgehead atoms. The molecular weight excluding hydrogens is 645 g/mol. The molecule has 236 valence electrons. The SMILES string of the molecule is CC(C)(C)C1=C(Cl)c2c(ccc3c2CNCCO3)[N+]1(S(=O)(=O)c1ccccc1)S(=O)(=O)c1ccccc1.O=C(O)C(F)(F)F. The Balaban J connectivity index is 0.000000566. The second kappa shape index (κ2) is 11.8. The van der Waals surface area contributed by atoms with Gasteiger partial charge >= 0.3 is 32.2 Å². The molecule has 0 spiro atoms. The van der Waals surface area contributed by atoms with Crippen molar-refractivity contribution in [1.29, 1.82) is 0 Å². The van der Waals surface area contributed by atoms with Crippen LogP contribution in [0.5, 0.6) is 5.75 Å². The highest BCUT2D eigenvalue weighted by Crippen LogP contribution is 2.60. The van der Waals surface area contributed by atoms with Crippen LogP contribution < -0.4 is 13.3 Å². The Bertz CT molecular complexity index is 1750. The van der Waals surface area contributed by atoms with Gasteiger partial charge in [-0.05, 0) is 33.6 Å². The molecule has 2 aliphatic heterocycles. The first kappa shape index (κ1) is 33.5. The number of hydrogen-bond donors (Lipinski definition) is 2. The number of rotatable bonds is 4. The number of quaternary nitrogens is 1. The van der Waals surface area contributed by atoms with Crippen molar-refractivity contribution in [1.82, 2.24) is 8.61 Å². The average molecular weight is 674 g/mol. The van der Waals surface area contributed by atoms with Crippen molar-refractivity contribution >= 4 is 48.3 Å². The quantitative estimate of drug-likeness (QED) is 0.330. The van der Waals surface area contributed by atoms with Crippen molar-refractivity contribution in [3.63, 3.8) is 0 Å². The predicted octanol–water partition coefficient (Wildman–Crippen LogP) is 5.85. The normalized spacial score (nSPS) is 16.5. The van der Waals surface area contributed by atoms with Crippen molar-refractivity contribution in [2.75, 3.05) is 13.2 Å². The Morgan fingerprint density at radius 3 is 1.80 bits per heavy atom. The minimum atomic E-state index is -5.08. The van der Waals surface area contributed by atoms with Gasteiger partial charge in [-0.15, -0.1) is 0 Å². The summed E-state index contributed by atoms with van der Waals surface area (Å²) in [5, 5.41) is 10.5. The van der Waals surface area contributed by atoms with Crippen LogP contribution in [-0.4, -0.2) is 47.2 Å². The van der Waals surface area contributed by atoms with E-state index in [1.807, 2.05) is 0 Å². The van der Waals surface area contributed by atoms with Gasteiger partial charge in [0.25, 0.3) is 0 Å². The number of allylic oxidation sites excluding steroid dienone is 1. The van der Waals surface area contributed by atoms with E-state index < -0.39 is 40.9 Å². The lowest BCUT2D eigenvalue weighted by molar-refractivity contribution is -0.192. The summed E-state index contributed by atoms with van der Waals surface area (Å²) in [6, 6.07) is 18.5. The maximum Gasteiger partial charge on any atom is 0.490 e. The van der Waals surface area contributed by atoms with Crippen LogP contribution in [0.2, 0.25) is 0 Å². The summed E-state index contributed by atoms with van der Waals surface area (Å²) in [4.78, 5) is 8.64. The van der Waals surface area contributed by atoms with Crippen molar-refractivity contribution in [2.45, 2.75) is 43.3 Å². The highest BCUT2D eigenvalue weighted by molar-refractivity contribution is 8.07. The van der Waals surface area contributed by atoms with Crippen LogP contribution in [0.4, 0.5) is 18.9 Å². The van der Waals surface area contributed by atoms with Gasteiger partial charge in [0.05, 0.1) is 5.56 Å². The third-order valence-electron chi connectivity index (χ3n) is 6.84. The number of ether oxygens (including phenoxy) is 1. The first-order chi connectivity index (χ1) is 20.4. The Labute approximate surface area is 258 Å². The molecule has 0 aliphatic carbocycles. The average Bonchev–Trinajstić information content (AvgIpc) is 3.07. The maximum absolute atomic E-state index is 14.8. The van der Waals surface area contributed by atoms with Crippen molar-refractivity contribution in [3.05, 3.63) is 89.6 Å². The highest BCUT2D eigenvalue weighted by Gasteiger charge is 2.68. The zero-order valence-electron chi connectivity index (χ0n) is 23.7. The lowest BCUT2D eigenvalue weighted by atomic mass is 9.91. The van der Waals surface area contributed by atoms with Crippen LogP contribution in [0.25, 0.3) is 5.03 Å². The molecule has 2 N–H and O–H groups in total. The summed E-state index contributed by atoms with van der Waals surface area (Å²) in [5.41, 5.74) is 0.167. The monoisotopic (exact) mass is 673 g/mol. The van der Waals surface area contributed by atoms with Crippen LogP contribution in [0.3, 0.4) is 0 Å². The number of carbonyl (C=O) groups is 1. The largest absolute Gasteiger partial charge is 0.492 e. The van der Waals surface area contributed by atoms with E-state index >= 15 is 0 Å². The minimum Gasteiger partial charge on any atom is -0.492 e. The molecule has 15 heteroatoms. The number of carboxylic acid groups (broad SMARTS) is 1. The first-order valence-electron chi connectivity index (χ1n) is 13.1. The molecule has 44 heavy (non-hydrogen) atoms. The van der Waals surface area contributed by atoms with E-state index in [1.54, 1.807) is 63.2 Å². The molecule has 0 amide bonds. The van der Waals surface area contributed by atoms with E-state index in [2.05, 4.69) is 5.32 Å². The molecule has 2 aliphatic rings. The lowest BCUT2D eigenvalue weighted by Gasteiger charge is -2.37. The molecule has 3 aromatic carbocycles. The Morgan fingerprint density at radius 1 is 0.886 bits per heavy atom. The zero-order valence-corrected chi connectivity index (χ0v) is 26.1. The number of aliphatic carboxylic acids is 1. The van der Waals surface area contributed by atoms with E-state index in [-0.39, 0.29) is 26.2 Å². The van der Waals surface area contributed by atoms with E-state index in [4.69, 9.17) is 26.2 Å². The molecule has 5 rings (SSSR count). The van der Waals surface area contributed by atoms with Crippen LogP contribution >= 0.6 is 11.6 Å². The summed E-state index contributed by atoms with van der Waals surface area (Å²) in [5.74, 6) is -2.21. The van der Waals surface area contributed by atoms with Gasteiger partial charge in [0.1, 0.15) is 27.2 Å². The van der Waals surface area contributed by atoms with Crippen molar-refractivity contribution in [3.8, 4) is 5.75 Å². The van der Waals surface area contributed by atoms with E-state index in [0.717, 1.165) is 0 Å². The molecule has 0 fully saturated rings. The molecule has 0 aromatic heterocycles. The number of benzene rings is 3. The Hall–Kier alpha value is -3.43. The summed E-state index contributed by atoms with van der Waals surface area (Å²) >= 11 is 7.11. The minimum absolute atomic E-state index is 0.0636. The Morgan fingerprint density at radius 2 is 1.36 bits per heavy atom. The van der Waals surface area contributed by atoms with E-state index in [9.17, 15) is 30.0 Å². The highest BCUT2D eigenvalue weighted by atomic mass is 35.5. The molecule has 2 heterocycles. The van der Waals surface area contributed by atoms with E-state index in [0.29, 0.717) is 36.6 Å². The van der Waals surface area contributed by atoms with Gasteiger partial charge in [0.2, 0.25) is 0 Å². The molecule has 0 atom stereocenters.